The number of benzene rings is 3. The van der Waals surface area contributed by atoms with Crippen molar-refractivity contribution in [3.8, 4) is 11.1 Å². The number of anilines is 1. The standard InChI is InChI=1S/C24H25N/c1-24(2,3)20-11-8-17(9-12-20)16-25-21-13-10-19-14-18-6-4-5-7-22(18)23(19)15-21/h4-13,15,25H,14,16H2,1-3H3. The minimum atomic E-state index is 0.208. The van der Waals surface area contributed by atoms with Crippen LogP contribution in [0.15, 0.2) is 66.7 Å². The number of hydrogen-bond acceptors (Lipinski definition) is 1. The van der Waals surface area contributed by atoms with Crippen molar-refractivity contribution in [2.24, 2.45) is 0 Å². The average Bonchev–Trinajstić information content (AvgIpc) is 2.97. The van der Waals surface area contributed by atoms with E-state index < -0.39 is 0 Å². The van der Waals surface area contributed by atoms with Crippen molar-refractivity contribution in [3.63, 3.8) is 0 Å². The fourth-order valence-corrected chi connectivity index (χ4v) is 3.56. The SMILES string of the molecule is CC(C)(C)c1ccc(CNc2ccc3c(c2)-c2ccccc2C3)cc1. The van der Waals surface area contributed by atoms with Gasteiger partial charge in [0.05, 0.1) is 0 Å². The van der Waals surface area contributed by atoms with E-state index in [9.17, 15) is 0 Å². The fraction of sp³-hybridized carbons (Fsp3) is 0.250. The molecule has 0 radical (unpaired) electrons. The Balaban J connectivity index is 1.50. The highest BCUT2D eigenvalue weighted by atomic mass is 14.9. The molecule has 0 heterocycles. The summed E-state index contributed by atoms with van der Waals surface area (Å²) in [7, 11) is 0. The molecule has 1 N–H and O–H groups in total. The van der Waals surface area contributed by atoms with Gasteiger partial charge < -0.3 is 5.32 Å². The molecule has 3 aromatic carbocycles. The van der Waals surface area contributed by atoms with Crippen molar-refractivity contribution in [3.05, 3.63) is 89.0 Å². The van der Waals surface area contributed by atoms with Crippen LogP contribution in [-0.2, 0) is 18.4 Å². The first-order valence-corrected chi connectivity index (χ1v) is 9.05. The topological polar surface area (TPSA) is 12.0 Å². The molecule has 0 spiro atoms. The Labute approximate surface area is 150 Å². The number of hydrogen-bond donors (Lipinski definition) is 1. The van der Waals surface area contributed by atoms with Gasteiger partial charge in [-0.25, -0.2) is 0 Å². The van der Waals surface area contributed by atoms with E-state index in [0.29, 0.717) is 0 Å². The van der Waals surface area contributed by atoms with Crippen molar-refractivity contribution in [2.75, 3.05) is 5.32 Å². The maximum Gasteiger partial charge on any atom is 0.0400 e. The summed E-state index contributed by atoms with van der Waals surface area (Å²) in [5.41, 5.74) is 9.72. The van der Waals surface area contributed by atoms with Crippen molar-refractivity contribution in [1.29, 1.82) is 0 Å². The van der Waals surface area contributed by atoms with Gasteiger partial charge in [0.25, 0.3) is 0 Å². The molecule has 0 aliphatic heterocycles. The summed E-state index contributed by atoms with van der Waals surface area (Å²) in [6, 6.07) is 24.4. The molecule has 0 aromatic heterocycles. The molecule has 4 rings (SSSR count). The normalized spacial score (nSPS) is 12.6. The molecule has 1 heteroatoms. The quantitative estimate of drug-likeness (QED) is 0.474. The first-order valence-electron chi connectivity index (χ1n) is 9.05. The maximum atomic E-state index is 3.58. The van der Waals surface area contributed by atoms with E-state index >= 15 is 0 Å². The van der Waals surface area contributed by atoms with E-state index in [1.807, 2.05) is 0 Å². The van der Waals surface area contributed by atoms with Crippen LogP contribution >= 0.6 is 0 Å². The lowest BCUT2D eigenvalue weighted by atomic mass is 9.87. The lowest BCUT2D eigenvalue weighted by molar-refractivity contribution is 0.590. The van der Waals surface area contributed by atoms with E-state index in [2.05, 4.69) is 92.8 Å². The van der Waals surface area contributed by atoms with Crippen LogP contribution in [0.25, 0.3) is 11.1 Å². The first kappa shape index (κ1) is 16.0. The highest BCUT2D eigenvalue weighted by Crippen LogP contribution is 2.37. The molecule has 0 atom stereocenters. The third kappa shape index (κ3) is 3.19. The van der Waals surface area contributed by atoms with E-state index in [1.54, 1.807) is 0 Å². The van der Waals surface area contributed by atoms with Crippen LogP contribution in [0.3, 0.4) is 0 Å². The Morgan fingerprint density at radius 1 is 0.800 bits per heavy atom. The number of nitrogens with one attached hydrogen (secondary N) is 1. The molecule has 0 bridgehead atoms. The molecule has 1 aliphatic carbocycles. The van der Waals surface area contributed by atoms with Gasteiger partial charge in [0.15, 0.2) is 0 Å². The maximum absolute atomic E-state index is 3.58. The number of rotatable bonds is 3. The van der Waals surface area contributed by atoms with Gasteiger partial charge in [-0.3, -0.25) is 0 Å². The van der Waals surface area contributed by atoms with Crippen molar-refractivity contribution in [2.45, 2.75) is 39.2 Å². The Kier molecular flexibility index (Phi) is 3.88. The van der Waals surface area contributed by atoms with Gasteiger partial charge >= 0.3 is 0 Å². The summed E-state index contributed by atoms with van der Waals surface area (Å²) >= 11 is 0. The molecular formula is C24H25N. The molecule has 0 saturated carbocycles. The van der Waals surface area contributed by atoms with Crippen LogP contribution in [0.4, 0.5) is 5.69 Å². The van der Waals surface area contributed by atoms with Gasteiger partial charge in [0.1, 0.15) is 0 Å². The third-order valence-electron chi connectivity index (χ3n) is 5.11. The zero-order valence-electron chi connectivity index (χ0n) is 15.3. The zero-order chi connectivity index (χ0) is 17.4. The molecule has 1 nitrogen and oxygen atoms in total. The molecule has 126 valence electrons. The van der Waals surface area contributed by atoms with Crippen LogP contribution in [0.5, 0.6) is 0 Å². The van der Waals surface area contributed by atoms with Gasteiger partial charge in [-0.05, 0) is 57.3 Å². The van der Waals surface area contributed by atoms with E-state index in [4.69, 9.17) is 0 Å². The van der Waals surface area contributed by atoms with Crippen LogP contribution in [0.1, 0.15) is 43.0 Å². The van der Waals surface area contributed by atoms with Crippen molar-refractivity contribution >= 4 is 5.69 Å². The minimum Gasteiger partial charge on any atom is -0.381 e. The molecule has 25 heavy (non-hydrogen) atoms. The Morgan fingerprint density at radius 2 is 1.52 bits per heavy atom. The fourth-order valence-electron chi connectivity index (χ4n) is 3.56. The molecule has 0 amide bonds. The van der Waals surface area contributed by atoms with Crippen LogP contribution < -0.4 is 5.32 Å². The second-order valence-corrected chi connectivity index (χ2v) is 8.01. The van der Waals surface area contributed by atoms with Crippen LogP contribution in [-0.4, -0.2) is 0 Å². The molecule has 0 unspecified atom stereocenters. The summed E-state index contributed by atoms with van der Waals surface area (Å²) in [5.74, 6) is 0. The van der Waals surface area contributed by atoms with Gasteiger partial charge in [0, 0.05) is 12.2 Å². The highest BCUT2D eigenvalue weighted by molar-refractivity contribution is 5.79. The Bertz CT molecular complexity index is 898. The van der Waals surface area contributed by atoms with Gasteiger partial charge in [-0.1, -0.05) is 75.4 Å². The smallest absolute Gasteiger partial charge is 0.0400 e. The average molecular weight is 327 g/mol. The highest BCUT2D eigenvalue weighted by Gasteiger charge is 2.17. The number of fused-ring (bicyclic) bond motifs is 3. The zero-order valence-corrected chi connectivity index (χ0v) is 15.3. The van der Waals surface area contributed by atoms with E-state index in [-0.39, 0.29) is 5.41 Å². The minimum absolute atomic E-state index is 0.208. The predicted octanol–water partition coefficient (Wildman–Crippen LogP) is 6.17. The van der Waals surface area contributed by atoms with Gasteiger partial charge in [-0.2, -0.15) is 0 Å². The van der Waals surface area contributed by atoms with Crippen LogP contribution in [0, 0.1) is 0 Å². The summed E-state index contributed by atoms with van der Waals surface area (Å²) in [5, 5.41) is 3.58. The van der Waals surface area contributed by atoms with Crippen LogP contribution in [0.2, 0.25) is 0 Å². The molecular weight excluding hydrogens is 302 g/mol. The molecule has 0 fully saturated rings. The lowest BCUT2D eigenvalue weighted by Gasteiger charge is -2.19. The lowest BCUT2D eigenvalue weighted by Crippen LogP contribution is -2.11. The third-order valence-corrected chi connectivity index (χ3v) is 5.11. The van der Waals surface area contributed by atoms with Gasteiger partial charge in [-0.15, -0.1) is 0 Å². The van der Waals surface area contributed by atoms with E-state index in [0.717, 1.165) is 13.0 Å². The second kappa shape index (κ2) is 6.07. The first-order chi connectivity index (χ1) is 12.0. The molecule has 0 saturated heterocycles. The summed E-state index contributed by atoms with van der Waals surface area (Å²) in [4.78, 5) is 0. The van der Waals surface area contributed by atoms with Crippen molar-refractivity contribution < 1.29 is 0 Å². The summed E-state index contributed by atoms with van der Waals surface area (Å²) < 4.78 is 0. The van der Waals surface area contributed by atoms with Gasteiger partial charge in [0.2, 0.25) is 0 Å². The Morgan fingerprint density at radius 3 is 2.28 bits per heavy atom. The molecule has 1 aliphatic rings. The van der Waals surface area contributed by atoms with E-state index in [1.165, 1.54) is 39.1 Å². The predicted molar refractivity (Wildman–Crippen MR) is 107 cm³/mol. The Hall–Kier alpha value is -2.54. The second-order valence-electron chi connectivity index (χ2n) is 8.01. The summed E-state index contributed by atoms with van der Waals surface area (Å²) in [6.45, 7) is 7.61. The largest absolute Gasteiger partial charge is 0.381 e. The monoisotopic (exact) mass is 327 g/mol. The van der Waals surface area contributed by atoms with Crippen molar-refractivity contribution in [1.82, 2.24) is 0 Å². The summed E-state index contributed by atoms with van der Waals surface area (Å²) in [6.07, 6.45) is 1.06. The molecule has 3 aromatic rings.